The van der Waals surface area contributed by atoms with Crippen LogP contribution in [0.1, 0.15) is 10.4 Å². The van der Waals surface area contributed by atoms with Crippen molar-refractivity contribution < 1.29 is 19.4 Å². The van der Waals surface area contributed by atoms with E-state index in [1.54, 1.807) is 18.2 Å². The van der Waals surface area contributed by atoms with Crippen molar-refractivity contribution in [2.75, 3.05) is 0 Å². The van der Waals surface area contributed by atoms with Gasteiger partial charge in [0.05, 0.1) is 11.3 Å². The molecule has 3 aromatic rings. The normalized spacial score (nSPS) is 10.7. The molecular formula is C16H10FNO3. The first-order valence-corrected chi connectivity index (χ1v) is 6.19. The van der Waals surface area contributed by atoms with Gasteiger partial charge in [0.25, 0.3) is 0 Å². The first-order valence-electron chi connectivity index (χ1n) is 6.19. The number of carboxylic acids is 1. The van der Waals surface area contributed by atoms with Gasteiger partial charge in [0.15, 0.2) is 0 Å². The Morgan fingerprint density at radius 2 is 1.86 bits per heavy atom. The van der Waals surface area contributed by atoms with E-state index >= 15 is 0 Å². The topological polar surface area (TPSA) is 70.4 Å². The maximum atomic E-state index is 13.9. The van der Waals surface area contributed by atoms with Gasteiger partial charge in [-0.15, -0.1) is 0 Å². The quantitative estimate of drug-likeness (QED) is 0.755. The summed E-state index contributed by atoms with van der Waals surface area (Å²) in [5.41, 5.74) is 0.474. The molecule has 5 heteroatoms. The summed E-state index contributed by atoms with van der Waals surface area (Å²) >= 11 is 0. The Bertz CT molecular complexity index is 861. The molecule has 0 fully saturated rings. The number of halogens is 1. The van der Waals surface area contributed by atoms with Crippen LogP contribution in [0.3, 0.4) is 0 Å². The number of pyridine rings is 1. The number of rotatable bonds is 2. The lowest BCUT2D eigenvalue weighted by molar-refractivity contribution is 0.0699. The van der Waals surface area contributed by atoms with Gasteiger partial charge in [0.1, 0.15) is 17.1 Å². The van der Waals surface area contributed by atoms with Crippen molar-refractivity contribution in [3.8, 4) is 17.0 Å². The monoisotopic (exact) mass is 283 g/mol. The third kappa shape index (κ3) is 2.18. The number of carboxylic acid groups (broad SMARTS) is 1. The molecule has 1 aromatic heterocycles. The maximum absolute atomic E-state index is 13.9. The number of phenols is 1. The van der Waals surface area contributed by atoms with Crippen LogP contribution in [0, 0.1) is 5.82 Å². The van der Waals surface area contributed by atoms with Gasteiger partial charge in [-0.1, -0.05) is 24.3 Å². The lowest BCUT2D eigenvalue weighted by Crippen LogP contribution is -2.01. The van der Waals surface area contributed by atoms with Crippen molar-refractivity contribution in [2.45, 2.75) is 0 Å². The molecule has 0 aliphatic heterocycles. The van der Waals surface area contributed by atoms with Gasteiger partial charge in [-0.05, 0) is 24.3 Å². The van der Waals surface area contributed by atoms with Gasteiger partial charge >= 0.3 is 5.97 Å². The molecule has 2 N–H and O–H groups in total. The van der Waals surface area contributed by atoms with E-state index in [0.717, 1.165) is 0 Å². The predicted octanol–water partition coefficient (Wildman–Crippen LogP) is 3.44. The van der Waals surface area contributed by atoms with Gasteiger partial charge in [0, 0.05) is 10.9 Å². The standard InChI is InChI=1S/C16H10FNO3/c17-12-6-3-5-9-11(16(20)21)8-13(18-15(9)12)10-4-1-2-7-14(10)19/h1-8,19H,(H,20,21). The zero-order valence-corrected chi connectivity index (χ0v) is 10.7. The molecule has 0 spiro atoms. The Hall–Kier alpha value is -2.95. The maximum Gasteiger partial charge on any atom is 0.336 e. The molecule has 0 aliphatic carbocycles. The average molecular weight is 283 g/mol. The smallest absolute Gasteiger partial charge is 0.336 e. The molecule has 0 atom stereocenters. The second-order valence-corrected chi connectivity index (χ2v) is 4.51. The summed E-state index contributed by atoms with van der Waals surface area (Å²) in [6.07, 6.45) is 0. The summed E-state index contributed by atoms with van der Waals surface area (Å²) < 4.78 is 13.9. The van der Waals surface area contributed by atoms with E-state index in [2.05, 4.69) is 4.98 Å². The Morgan fingerprint density at radius 1 is 1.10 bits per heavy atom. The van der Waals surface area contributed by atoms with Crippen LogP contribution in [0.25, 0.3) is 22.2 Å². The summed E-state index contributed by atoms with van der Waals surface area (Å²) in [6, 6.07) is 11.9. The van der Waals surface area contributed by atoms with E-state index in [4.69, 9.17) is 0 Å². The number of fused-ring (bicyclic) bond motifs is 1. The minimum atomic E-state index is -1.18. The number of aromatic nitrogens is 1. The van der Waals surface area contributed by atoms with Crippen LogP contribution in [0.5, 0.6) is 5.75 Å². The fraction of sp³-hybridized carbons (Fsp3) is 0. The second kappa shape index (κ2) is 4.86. The van der Waals surface area contributed by atoms with E-state index in [1.165, 1.54) is 30.3 Å². The second-order valence-electron chi connectivity index (χ2n) is 4.51. The Balaban J connectivity index is 2.38. The van der Waals surface area contributed by atoms with E-state index in [0.29, 0.717) is 5.56 Å². The summed E-state index contributed by atoms with van der Waals surface area (Å²) in [4.78, 5) is 15.5. The van der Waals surface area contributed by atoms with Gasteiger partial charge in [-0.2, -0.15) is 0 Å². The first kappa shape index (κ1) is 13.1. The Kier molecular flexibility index (Phi) is 3.02. The summed E-state index contributed by atoms with van der Waals surface area (Å²) in [7, 11) is 0. The number of hydrogen-bond acceptors (Lipinski definition) is 3. The Labute approximate surface area is 119 Å². The van der Waals surface area contributed by atoms with Crippen LogP contribution >= 0.6 is 0 Å². The number of aromatic hydroxyl groups is 1. The van der Waals surface area contributed by atoms with Crippen molar-refractivity contribution in [3.05, 3.63) is 59.9 Å². The molecule has 4 nitrogen and oxygen atoms in total. The number of carbonyl (C=O) groups is 1. The number of aromatic carboxylic acids is 1. The third-order valence-electron chi connectivity index (χ3n) is 3.20. The Morgan fingerprint density at radius 3 is 2.57 bits per heavy atom. The molecule has 0 bridgehead atoms. The first-order chi connectivity index (χ1) is 10.1. The number of phenolic OH excluding ortho intramolecular Hbond substituents is 1. The molecule has 3 rings (SSSR count). The average Bonchev–Trinajstić information content (AvgIpc) is 2.47. The number of para-hydroxylation sites is 2. The molecule has 0 amide bonds. The van der Waals surface area contributed by atoms with Crippen molar-refractivity contribution in [3.63, 3.8) is 0 Å². The number of benzene rings is 2. The van der Waals surface area contributed by atoms with E-state index in [-0.39, 0.29) is 27.9 Å². The zero-order valence-electron chi connectivity index (χ0n) is 10.7. The van der Waals surface area contributed by atoms with Crippen molar-refractivity contribution >= 4 is 16.9 Å². The number of hydrogen-bond donors (Lipinski definition) is 2. The molecule has 1 heterocycles. The minimum Gasteiger partial charge on any atom is -0.507 e. The summed E-state index contributed by atoms with van der Waals surface area (Å²) in [5.74, 6) is -1.83. The minimum absolute atomic E-state index is 0.0318. The van der Waals surface area contributed by atoms with E-state index in [9.17, 15) is 19.4 Å². The molecular weight excluding hydrogens is 273 g/mol. The highest BCUT2D eigenvalue weighted by Crippen LogP contribution is 2.31. The largest absolute Gasteiger partial charge is 0.507 e. The lowest BCUT2D eigenvalue weighted by Gasteiger charge is -2.08. The fourth-order valence-electron chi connectivity index (χ4n) is 2.22. The highest BCUT2D eigenvalue weighted by atomic mass is 19.1. The van der Waals surface area contributed by atoms with E-state index in [1.807, 2.05) is 0 Å². The van der Waals surface area contributed by atoms with Crippen LogP contribution in [0.15, 0.2) is 48.5 Å². The van der Waals surface area contributed by atoms with Gasteiger partial charge in [-0.3, -0.25) is 0 Å². The molecule has 21 heavy (non-hydrogen) atoms. The fourth-order valence-corrected chi connectivity index (χ4v) is 2.22. The van der Waals surface area contributed by atoms with Crippen LogP contribution in [-0.2, 0) is 0 Å². The van der Waals surface area contributed by atoms with Gasteiger partial charge < -0.3 is 10.2 Å². The number of nitrogens with zero attached hydrogens (tertiary/aromatic N) is 1. The summed E-state index contributed by atoms with van der Waals surface area (Å²) in [5, 5.41) is 19.4. The van der Waals surface area contributed by atoms with Crippen molar-refractivity contribution in [1.29, 1.82) is 0 Å². The predicted molar refractivity (Wildman–Crippen MR) is 75.8 cm³/mol. The molecule has 104 valence electrons. The van der Waals surface area contributed by atoms with E-state index < -0.39 is 11.8 Å². The summed E-state index contributed by atoms with van der Waals surface area (Å²) in [6.45, 7) is 0. The van der Waals surface area contributed by atoms with Crippen molar-refractivity contribution in [1.82, 2.24) is 4.98 Å². The molecule has 2 aromatic carbocycles. The zero-order chi connectivity index (χ0) is 15.0. The molecule has 0 saturated heterocycles. The third-order valence-corrected chi connectivity index (χ3v) is 3.20. The van der Waals surface area contributed by atoms with Crippen LogP contribution < -0.4 is 0 Å². The molecule has 0 radical (unpaired) electrons. The van der Waals surface area contributed by atoms with Crippen LogP contribution in [0.4, 0.5) is 4.39 Å². The SMILES string of the molecule is O=C(O)c1cc(-c2ccccc2O)nc2c(F)cccc12. The van der Waals surface area contributed by atoms with Gasteiger partial charge in [0.2, 0.25) is 0 Å². The van der Waals surface area contributed by atoms with Crippen LogP contribution in [-0.4, -0.2) is 21.2 Å². The lowest BCUT2D eigenvalue weighted by atomic mass is 10.0. The van der Waals surface area contributed by atoms with Crippen LogP contribution in [0.2, 0.25) is 0 Å². The van der Waals surface area contributed by atoms with Gasteiger partial charge in [-0.25, -0.2) is 14.2 Å². The molecule has 0 unspecified atom stereocenters. The molecule has 0 saturated carbocycles. The highest BCUT2D eigenvalue weighted by Gasteiger charge is 2.16. The highest BCUT2D eigenvalue weighted by molar-refractivity contribution is 6.04. The molecule has 0 aliphatic rings. The van der Waals surface area contributed by atoms with Crippen molar-refractivity contribution in [2.24, 2.45) is 0 Å².